The summed E-state index contributed by atoms with van der Waals surface area (Å²) < 4.78 is 30.1. The second-order valence-electron chi connectivity index (χ2n) is 15.6. The van der Waals surface area contributed by atoms with E-state index in [0.29, 0.717) is 18.0 Å². The zero-order valence-corrected chi connectivity index (χ0v) is 29.6. The van der Waals surface area contributed by atoms with Gasteiger partial charge in [-0.15, -0.1) is 0 Å². The van der Waals surface area contributed by atoms with Gasteiger partial charge in [0.1, 0.15) is 18.9 Å². The van der Waals surface area contributed by atoms with Crippen LogP contribution in [0.2, 0.25) is 5.02 Å². The number of esters is 4. The van der Waals surface area contributed by atoms with Gasteiger partial charge in [0.2, 0.25) is 0 Å². The van der Waals surface area contributed by atoms with Crippen LogP contribution in [0.5, 0.6) is 0 Å². The highest BCUT2D eigenvalue weighted by Gasteiger charge is 2.54. The molecule has 45 heavy (non-hydrogen) atoms. The number of rotatable bonds is 9. The molecule has 11 heteroatoms. The molecule has 0 radical (unpaired) electrons. The number of ether oxygens (including phenoxy) is 5. The van der Waals surface area contributed by atoms with Crippen LogP contribution in [-0.2, 0) is 49.3 Å². The molecule has 1 aliphatic rings. The Kier molecular flexibility index (Phi) is 12.7. The lowest BCUT2D eigenvalue weighted by molar-refractivity contribution is -0.264. The van der Waals surface area contributed by atoms with Gasteiger partial charge in [-0.25, -0.2) is 0 Å². The molecule has 1 heterocycles. The Bertz CT molecular complexity index is 1200. The molecule has 0 aromatic heterocycles. The minimum Gasteiger partial charge on any atom is -0.462 e. The first kappa shape index (κ1) is 38.5. The smallest absolute Gasteiger partial charge is 0.311 e. The van der Waals surface area contributed by atoms with Gasteiger partial charge in [0.15, 0.2) is 18.3 Å². The summed E-state index contributed by atoms with van der Waals surface area (Å²) in [5.74, 6) is -2.29. The van der Waals surface area contributed by atoms with Gasteiger partial charge in [0.25, 0.3) is 0 Å². The first-order valence-corrected chi connectivity index (χ1v) is 15.7. The van der Waals surface area contributed by atoms with Crippen molar-refractivity contribution in [1.29, 1.82) is 0 Å². The van der Waals surface area contributed by atoms with Crippen LogP contribution >= 0.6 is 11.6 Å². The van der Waals surface area contributed by atoms with E-state index in [1.165, 1.54) is 0 Å². The van der Waals surface area contributed by atoms with E-state index >= 15 is 0 Å². The first-order valence-electron chi connectivity index (χ1n) is 15.4. The molecule has 1 aromatic rings. The van der Waals surface area contributed by atoms with E-state index in [-0.39, 0.29) is 6.61 Å². The van der Waals surface area contributed by atoms with Crippen molar-refractivity contribution in [3.05, 3.63) is 34.9 Å². The normalized spacial score (nSPS) is 22.7. The molecule has 0 aliphatic carbocycles. The van der Waals surface area contributed by atoms with Crippen molar-refractivity contribution < 1.29 is 42.9 Å². The lowest BCUT2D eigenvalue weighted by Crippen LogP contribution is -2.66. The van der Waals surface area contributed by atoms with E-state index in [0.717, 1.165) is 5.56 Å². The molecule has 5 atom stereocenters. The van der Waals surface area contributed by atoms with E-state index in [1.807, 2.05) is 18.2 Å². The SMILES string of the molecule is CC(C)(C)C(=O)OC[C@H]1O[C@@H](NCCc2ccccc2Cl)[C@H](OC(=O)C(C)(C)C)[C@@H](OC(=O)C(C)(C)C)[C@H]1OC(=O)C(C)(C)C. The molecule has 0 saturated carbocycles. The predicted octanol–water partition coefficient (Wildman–Crippen LogP) is 5.66. The minimum atomic E-state index is -1.31. The fourth-order valence-corrected chi connectivity index (χ4v) is 4.17. The Hall–Kier alpha value is -2.69. The summed E-state index contributed by atoms with van der Waals surface area (Å²) in [5, 5.41) is 3.86. The number of nitrogens with one attached hydrogen (secondary N) is 1. The lowest BCUT2D eigenvalue weighted by Gasteiger charge is -2.46. The van der Waals surface area contributed by atoms with Crippen molar-refractivity contribution >= 4 is 35.5 Å². The van der Waals surface area contributed by atoms with Crippen LogP contribution in [0.15, 0.2) is 24.3 Å². The average molecular weight is 654 g/mol. The van der Waals surface area contributed by atoms with Gasteiger partial charge in [0.05, 0.1) is 21.7 Å². The Balaban J connectivity index is 2.61. The van der Waals surface area contributed by atoms with Gasteiger partial charge < -0.3 is 23.7 Å². The zero-order chi connectivity index (χ0) is 34.5. The van der Waals surface area contributed by atoms with Gasteiger partial charge in [0, 0.05) is 11.6 Å². The van der Waals surface area contributed by atoms with Crippen molar-refractivity contribution in [2.75, 3.05) is 13.2 Å². The molecule has 10 nitrogen and oxygen atoms in total. The summed E-state index contributed by atoms with van der Waals surface area (Å²) in [6, 6.07) is 7.40. The second kappa shape index (κ2) is 14.8. The molecule has 254 valence electrons. The van der Waals surface area contributed by atoms with Crippen LogP contribution in [0.4, 0.5) is 0 Å². The van der Waals surface area contributed by atoms with Crippen LogP contribution < -0.4 is 5.32 Å². The number of hydrogen-bond donors (Lipinski definition) is 1. The maximum absolute atomic E-state index is 13.4. The minimum absolute atomic E-state index is 0.315. The van der Waals surface area contributed by atoms with Crippen LogP contribution in [-0.4, -0.2) is 67.7 Å². The van der Waals surface area contributed by atoms with Gasteiger partial charge >= 0.3 is 23.9 Å². The quantitative estimate of drug-likeness (QED) is 0.263. The van der Waals surface area contributed by atoms with Crippen LogP contribution in [0.25, 0.3) is 0 Å². The lowest BCUT2D eigenvalue weighted by atomic mass is 9.92. The van der Waals surface area contributed by atoms with Crippen molar-refractivity contribution in [3.8, 4) is 0 Å². The highest BCUT2D eigenvalue weighted by molar-refractivity contribution is 6.31. The van der Waals surface area contributed by atoms with Gasteiger partial charge in [-0.2, -0.15) is 0 Å². The molecule has 0 amide bonds. The molecule has 1 N–H and O–H groups in total. The van der Waals surface area contributed by atoms with Crippen molar-refractivity contribution in [2.24, 2.45) is 21.7 Å². The molecule has 2 rings (SSSR count). The average Bonchev–Trinajstić information content (AvgIpc) is 2.88. The van der Waals surface area contributed by atoms with E-state index in [1.54, 1.807) is 89.2 Å². The van der Waals surface area contributed by atoms with Crippen molar-refractivity contribution in [2.45, 2.75) is 120 Å². The van der Waals surface area contributed by atoms with Crippen LogP contribution in [0.3, 0.4) is 0 Å². The Morgan fingerprint density at radius 3 is 1.60 bits per heavy atom. The number of carbonyl (C=O) groups is 4. The Morgan fingerprint density at radius 1 is 0.689 bits per heavy atom. The molecule has 0 bridgehead atoms. The highest BCUT2D eigenvalue weighted by Crippen LogP contribution is 2.33. The predicted molar refractivity (Wildman–Crippen MR) is 170 cm³/mol. The molecule has 0 spiro atoms. The molecule has 1 saturated heterocycles. The largest absolute Gasteiger partial charge is 0.462 e. The Morgan fingerprint density at radius 2 is 1.13 bits per heavy atom. The summed E-state index contributed by atoms with van der Waals surface area (Å²) in [4.78, 5) is 52.7. The maximum Gasteiger partial charge on any atom is 0.311 e. The van der Waals surface area contributed by atoms with Gasteiger partial charge in [-0.3, -0.25) is 24.5 Å². The summed E-state index contributed by atoms with van der Waals surface area (Å²) in [6.45, 7) is 20.3. The standard InChI is InChI=1S/C34H52ClNO9/c1-31(2,3)27(37)41-19-22-23(43-28(38)32(4,5)6)24(44-29(39)33(7,8)9)25(45-30(40)34(10,11)12)26(42-22)36-18-17-20-15-13-14-16-21(20)35/h13-16,22-26,36H,17-19H2,1-12H3/t22-,23+,24+,25-,26-/m1/s1. The summed E-state index contributed by atoms with van der Waals surface area (Å²) >= 11 is 6.37. The summed E-state index contributed by atoms with van der Waals surface area (Å²) in [5.41, 5.74) is -2.74. The second-order valence-corrected chi connectivity index (χ2v) is 16.0. The molecule has 0 unspecified atom stereocenters. The molecule has 1 fully saturated rings. The zero-order valence-electron chi connectivity index (χ0n) is 28.9. The topological polar surface area (TPSA) is 126 Å². The fraction of sp³-hybridized carbons (Fsp3) is 0.706. The van der Waals surface area contributed by atoms with Crippen LogP contribution in [0.1, 0.15) is 88.6 Å². The summed E-state index contributed by atoms with van der Waals surface area (Å²) in [7, 11) is 0. The molecular weight excluding hydrogens is 602 g/mol. The number of halogens is 1. The highest BCUT2D eigenvalue weighted by atomic mass is 35.5. The monoisotopic (exact) mass is 653 g/mol. The summed E-state index contributed by atoms with van der Waals surface area (Å²) in [6.07, 6.45) is -5.45. The van der Waals surface area contributed by atoms with Crippen molar-refractivity contribution in [1.82, 2.24) is 5.32 Å². The third-order valence-electron chi connectivity index (χ3n) is 6.89. The number of hydrogen-bond acceptors (Lipinski definition) is 10. The maximum atomic E-state index is 13.4. The van der Waals surface area contributed by atoms with Crippen molar-refractivity contribution in [3.63, 3.8) is 0 Å². The molecular formula is C34H52ClNO9. The van der Waals surface area contributed by atoms with E-state index in [2.05, 4.69) is 5.32 Å². The molecule has 1 aliphatic heterocycles. The fourth-order valence-electron chi connectivity index (χ4n) is 3.94. The molecule has 1 aromatic carbocycles. The third kappa shape index (κ3) is 11.3. The third-order valence-corrected chi connectivity index (χ3v) is 7.26. The number of benzene rings is 1. The van der Waals surface area contributed by atoms with E-state index in [4.69, 9.17) is 35.3 Å². The van der Waals surface area contributed by atoms with E-state index < -0.39 is 76.2 Å². The Labute approximate surface area is 273 Å². The van der Waals surface area contributed by atoms with E-state index in [9.17, 15) is 19.2 Å². The van der Waals surface area contributed by atoms with Gasteiger partial charge in [-0.1, -0.05) is 29.8 Å². The first-order chi connectivity index (χ1) is 20.4. The number of carbonyl (C=O) groups excluding carboxylic acids is 4. The van der Waals surface area contributed by atoms with Gasteiger partial charge in [-0.05, 0) is 101 Å². The van der Waals surface area contributed by atoms with Crippen LogP contribution in [0, 0.1) is 21.7 Å².